The quantitative estimate of drug-likeness (QED) is 0.527. The summed E-state index contributed by atoms with van der Waals surface area (Å²) >= 11 is 0. The number of para-hydroxylation sites is 1. The van der Waals surface area contributed by atoms with Crippen molar-refractivity contribution in [2.45, 2.75) is 26.3 Å². The number of fused-ring (bicyclic) bond motifs is 1. The fraction of sp³-hybridized carbons (Fsp3) is 0.190. The number of nitrogens with one attached hydrogen (secondary N) is 2. The molecule has 0 atom stereocenters. The Labute approximate surface area is 158 Å². The maximum Gasteiger partial charge on any atom is 0.247 e. The second-order valence-electron chi connectivity index (χ2n) is 6.69. The van der Waals surface area contributed by atoms with Crippen LogP contribution in [0, 0.1) is 0 Å². The van der Waals surface area contributed by atoms with Crippen LogP contribution in [0.15, 0.2) is 66.9 Å². The van der Waals surface area contributed by atoms with Crippen molar-refractivity contribution >= 4 is 23.1 Å². The molecule has 6 nitrogen and oxygen atoms in total. The Hall–Kier alpha value is -3.41. The predicted molar refractivity (Wildman–Crippen MR) is 108 cm³/mol. The molecular formula is C21H22N6. The van der Waals surface area contributed by atoms with E-state index in [-0.39, 0.29) is 0 Å². The Morgan fingerprint density at radius 3 is 2.37 bits per heavy atom. The zero-order chi connectivity index (χ0) is 18.6. The van der Waals surface area contributed by atoms with E-state index in [9.17, 15) is 0 Å². The molecule has 0 fully saturated rings. The normalized spacial score (nSPS) is 11.1. The molecule has 0 aliphatic carbocycles. The van der Waals surface area contributed by atoms with E-state index in [2.05, 4.69) is 51.7 Å². The van der Waals surface area contributed by atoms with Crippen molar-refractivity contribution in [3.8, 4) is 0 Å². The summed E-state index contributed by atoms with van der Waals surface area (Å²) in [6.45, 7) is 4.93. The lowest BCUT2D eigenvalue weighted by Crippen LogP contribution is -2.10. The third-order valence-corrected chi connectivity index (χ3v) is 4.31. The largest absolute Gasteiger partial charge is 0.363 e. The number of aromatic nitrogens is 4. The summed E-state index contributed by atoms with van der Waals surface area (Å²) in [6, 6.07) is 20.1. The molecule has 2 aromatic heterocycles. The highest BCUT2D eigenvalue weighted by molar-refractivity contribution is 5.66. The van der Waals surface area contributed by atoms with Crippen LogP contribution >= 0.6 is 0 Å². The summed E-state index contributed by atoms with van der Waals surface area (Å²) in [4.78, 5) is 9.22. The van der Waals surface area contributed by atoms with E-state index >= 15 is 0 Å². The molecule has 0 saturated heterocycles. The number of hydrogen-bond acceptors (Lipinski definition) is 5. The topological polar surface area (TPSA) is 67.1 Å². The fourth-order valence-corrected chi connectivity index (χ4v) is 2.90. The van der Waals surface area contributed by atoms with E-state index in [1.807, 2.05) is 59.2 Å². The molecule has 0 bridgehead atoms. The van der Waals surface area contributed by atoms with Crippen LogP contribution in [0.5, 0.6) is 0 Å². The van der Waals surface area contributed by atoms with Crippen molar-refractivity contribution in [2.24, 2.45) is 0 Å². The number of benzene rings is 2. The van der Waals surface area contributed by atoms with Crippen LogP contribution in [-0.4, -0.2) is 19.6 Å². The third kappa shape index (κ3) is 3.74. The molecule has 0 radical (unpaired) electrons. The van der Waals surface area contributed by atoms with Crippen LogP contribution in [-0.2, 0) is 6.54 Å². The Bertz CT molecular complexity index is 1020. The molecule has 0 unspecified atom stereocenters. The van der Waals surface area contributed by atoms with E-state index in [1.165, 1.54) is 5.56 Å². The van der Waals surface area contributed by atoms with Gasteiger partial charge in [0, 0.05) is 12.2 Å². The Morgan fingerprint density at radius 2 is 1.67 bits per heavy atom. The molecule has 0 spiro atoms. The first-order valence-corrected chi connectivity index (χ1v) is 9.06. The number of anilines is 3. The second-order valence-corrected chi connectivity index (χ2v) is 6.69. The van der Waals surface area contributed by atoms with Gasteiger partial charge in [-0.05, 0) is 23.6 Å². The molecule has 27 heavy (non-hydrogen) atoms. The third-order valence-electron chi connectivity index (χ3n) is 4.31. The lowest BCUT2D eigenvalue weighted by molar-refractivity contribution is 0.755. The van der Waals surface area contributed by atoms with Gasteiger partial charge >= 0.3 is 0 Å². The lowest BCUT2D eigenvalue weighted by Gasteiger charge is -2.12. The summed E-state index contributed by atoms with van der Waals surface area (Å²) in [7, 11) is 0. The molecule has 2 heterocycles. The SMILES string of the molecule is CC(C)c1cnc2c(NCc3ccccc3)nc(Nc3ccccc3)nn12. The average molecular weight is 358 g/mol. The first-order valence-electron chi connectivity index (χ1n) is 9.06. The van der Waals surface area contributed by atoms with Crippen LogP contribution in [0.4, 0.5) is 17.5 Å². The van der Waals surface area contributed by atoms with Crippen molar-refractivity contribution in [2.75, 3.05) is 10.6 Å². The maximum atomic E-state index is 4.67. The smallest absolute Gasteiger partial charge is 0.247 e. The van der Waals surface area contributed by atoms with E-state index in [1.54, 1.807) is 0 Å². The molecule has 4 aromatic rings. The summed E-state index contributed by atoms with van der Waals surface area (Å²) in [6.07, 6.45) is 1.87. The van der Waals surface area contributed by atoms with Gasteiger partial charge in [-0.3, -0.25) is 0 Å². The summed E-state index contributed by atoms with van der Waals surface area (Å²) in [5.74, 6) is 1.55. The lowest BCUT2D eigenvalue weighted by atomic mass is 10.2. The highest BCUT2D eigenvalue weighted by atomic mass is 15.4. The molecular weight excluding hydrogens is 336 g/mol. The number of hydrogen-bond donors (Lipinski definition) is 2. The number of rotatable bonds is 6. The molecule has 0 amide bonds. The average Bonchev–Trinajstić information content (AvgIpc) is 3.12. The number of imidazole rings is 1. The Kier molecular flexibility index (Phi) is 4.70. The highest BCUT2D eigenvalue weighted by Crippen LogP contribution is 2.22. The van der Waals surface area contributed by atoms with E-state index in [0.717, 1.165) is 17.0 Å². The summed E-state index contributed by atoms with van der Waals surface area (Å²) < 4.78 is 1.87. The standard InChI is InChI=1S/C21H22N6/c1-15(2)18-14-23-20-19(22-13-16-9-5-3-6-10-16)25-21(26-27(18)20)24-17-11-7-4-8-12-17/h3-12,14-15H,13H2,1-2H3,(H2,22,24,25,26). The van der Waals surface area contributed by atoms with E-state index in [0.29, 0.717) is 24.2 Å². The van der Waals surface area contributed by atoms with Crippen LogP contribution in [0.3, 0.4) is 0 Å². The molecule has 4 rings (SSSR count). The van der Waals surface area contributed by atoms with Gasteiger partial charge in [-0.2, -0.15) is 4.98 Å². The molecule has 6 heteroatoms. The van der Waals surface area contributed by atoms with Crippen molar-refractivity contribution in [1.29, 1.82) is 0 Å². The van der Waals surface area contributed by atoms with Crippen LogP contribution in [0.1, 0.15) is 31.0 Å². The van der Waals surface area contributed by atoms with Crippen LogP contribution in [0.2, 0.25) is 0 Å². The van der Waals surface area contributed by atoms with E-state index < -0.39 is 0 Å². The van der Waals surface area contributed by atoms with E-state index in [4.69, 9.17) is 0 Å². The van der Waals surface area contributed by atoms with Gasteiger partial charge in [-0.25, -0.2) is 9.50 Å². The van der Waals surface area contributed by atoms with Crippen molar-refractivity contribution in [1.82, 2.24) is 19.6 Å². The van der Waals surface area contributed by atoms with Gasteiger partial charge in [0.15, 0.2) is 11.5 Å². The fourth-order valence-electron chi connectivity index (χ4n) is 2.90. The maximum absolute atomic E-state index is 4.67. The zero-order valence-corrected chi connectivity index (χ0v) is 15.4. The molecule has 2 N–H and O–H groups in total. The zero-order valence-electron chi connectivity index (χ0n) is 15.4. The minimum Gasteiger partial charge on any atom is -0.363 e. The molecule has 2 aromatic carbocycles. The monoisotopic (exact) mass is 358 g/mol. The minimum absolute atomic E-state index is 0.307. The molecule has 0 aliphatic heterocycles. The second kappa shape index (κ2) is 7.45. The van der Waals surface area contributed by atoms with Gasteiger partial charge in [0.2, 0.25) is 5.95 Å². The van der Waals surface area contributed by atoms with Crippen molar-refractivity contribution < 1.29 is 0 Å². The number of nitrogens with zero attached hydrogens (tertiary/aromatic N) is 4. The van der Waals surface area contributed by atoms with Gasteiger partial charge in [0.05, 0.1) is 11.9 Å². The Balaban J connectivity index is 1.71. The Morgan fingerprint density at radius 1 is 0.963 bits per heavy atom. The first kappa shape index (κ1) is 17.0. The molecule has 0 aliphatic rings. The summed E-state index contributed by atoms with van der Waals surface area (Å²) in [5.41, 5.74) is 3.90. The van der Waals surface area contributed by atoms with Gasteiger partial charge < -0.3 is 10.6 Å². The van der Waals surface area contributed by atoms with Gasteiger partial charge in [-0.15, -0.1) is 5.10 Å². The van der Waals surface area contributed by atoms with Crippen molar-refractivity contribution in [3.63, 3.8) is 0 Å². The predicted octanol–water partition coefficient (Wildman–Crippen LogP) is 4.60. The van der Waals surface area contributed by atoms with Crippen molar-refractivity contribution in [3.05, 3.63) is 78.1 Å². The van der Waals surface area contributed by atoms with Gasteiger partial charge in [-0.1, -0.05) is 62.4 Å². The molecule has 136 valence electrons. The van der Waals surface area contributed by atoms with Gasteiger partial charge in [0.1, 0.15) is 0 Å². The first-order chi connectivity index (χ1) is 13.2. The highest BCUT2D eigenvalue weighted by Gasteiger charge is 2.15. The summed E-state index contributed by atoms with van der Waals surface area (Å²) in [5, 5.41) is 11.3. The van der Waals surface area contributed by atoms with Crippen LogP contribution < -0.4 is 10.6 Å². The molecule has 0 saturated carbocycles. The van der Waals surface area contributed by atoms with Gasteiger partial charge in [0.25, 0.3) is 0 Å². The minimum atomic E-state index is 0.307. The van der Waals surface area contributed by atoms with Crippen LogP contribution in [0.25, 0.3) is 5.65 Å².